The number of carbonyl (C=O) groups excluding carboxylic acids is 1. The molecule has 0 saturated carbocycles. The number of carbonyl (C=O) groups is 1. The number of aliphatic hydroxyl groups excluding tert-OH is 1. The van der Waals surface area contributed by atoms with E-state index < -0.39 is 0 Å². The molecular formula is C23H30Cl2N2O4S. The van der Waals surface area contributed by atoms with E-state index in [0.717, 1.165) is 29.1 Å². The van der Waals surface area contributed by atoms with Crippen molar-refractivity contribution in [2.24, 2.45) is 0 Å². The Morgan fingerprint density at radius 2 is 2.03 bits per heavy atom. The van der Waals surface area contributed by atoms with Gasteiger partial charge in [-0.05, 0) is 63.2 Å². The molecule has 1 aliphatic heterocycles. The zero-order chi connectivity index (χ0) is 22.6. The maximum absolute atomic E-state index is 12.5. The number of nitrogens with one attached hydrogen (secondary N) is 1. The van der Waals surface area contributed by atoms with Crippen LogP contribution in [0.3, 0.4) is 0 Å². The van der Waals surface area contributed by atoms with Crippen molar-refractivity contribution in [3.8, 4) is 11.5 Å². The number of fused-ring (bicyclic) bond motifs is 1. The number of methoxy groups -OCH3 is 1. The molecule has 0 aliphatic carbocycles. The topological polar surface area (TPSA) is 71.0 Å². The molecule has 176 valence electrons. The van der Waals surface area contributed by atoms with Crippen LogP contribution in [0, 0.1) is 0 Å². The number of ether oxygens (including phenoxy) is 2. The van der Waals surface area contributed by atoms with Crippen LogP contribution < -0.4 is 19.7 Å². The van der Waals surface area contributed by atoms with Crippen LogP contribution in [0.15, 0.2) is 41.3 Å². The van der Waals surface area contributed by atoms with E-state index in [1.807, 2.05) is 44.2 Å². The summed E-state index contributed by atoms with van der Waals surface area (Å²) in [6.45, 7) is 6.76. The van der Waals surface area contributed by atoms with Crippen LogP contribution in [0.5, 0.6) is 11.5 Å². The van der Waals surface area contributed by atoms with Crippen molar-refractivity contribution in [3.63, 3.8) is 0 Å². The molecule has 3 rings (SSSR count). The smallest absolute Gasteiger partial charge is 0.225 e. The standard InChI is InChI=1S/C23H29ClN2O4S.ClH/c1-15(28)26-19-8-6-16(24)12-21(19)31-22(26)18-13-17(29-4)7-9-20(18)30-11-5-10-25-23(2,3)14-27;/h6-9,12-13,22,25,27H,5,10-11,14H2,1-4H3;1H. The molecule has 2 N–H and O–H groups in total. The number of hydrogen-bond acceptors (Lipinski definition) is 6. The summed E-state index contributed by atoms with van der Waals surface area (Å²) in [5.74, 6) is 1.36. The number of hydrogen-bond donors (Lipinski definition) is 2. The molecule has 6 nitrogen and oxygen atoms in total. The van der Waals surface area contributed by atoms with Gasteiger partial charge in [-0.15, -0.1) is 12.4 Å². The van der Waals surface area contributed by atoms with Crippen LogP contribution in [-0.2, 0) is 4.79 Å². The fraction of sp³-hybridized carbons (Fsp3) is 0.435. The first-order chi connectivity index (χ1) is 14.8. The van der Waals surface area contributed by atoms with Gasteiger partial charge in [0.25, 0.3) is 0 Å². The second-order valence-electron chi connectivity index (χ2n) is 8.05. The average Bonchev–Trinajstić information content (AvgIpc) is 3.12. The molecular weight excluding hydrogens is 471 g/mol. The van der Waals surface area contributed by atoms with Crippen LogP contribution in [0.25, 0.3) is 0 Å². The van der Waals surface area contributed by atoms with E-state index >= 15 is 0 Å². The Balaban J connectivity index is 0.00000363. The lowest BCUT2D eigenvalue weighted by molar-refractivity contribution is -0.116. The third kappa shape index (κ3) is 6.23. The second kappa shape index (κ2) is 11.5. The fourth-order valence-electron chi connectivity index (χ4n) is 3.33. The van der Waals surface area contributed by atoms with E-state index in [2.05, 4.69) is 5.32 Å². The number of aliphatic hydroxyl groups is 1. The van der Waals surface area contributed by atoms with Crippen molar-refractivity contribution in [1.29, 1.82) is 0 Å². The maximum atomic E-state index is 12.5. The number of nitrogens with zero attached hydrogens (tertiary/aromatic N) is 1. The molecule has 1 aliphatic rings. The summed E-state index contributed by atoms with van der Waals surface area (Å²) >= 11 is 7.75. The van der Waals surface area contributed by atoms with E-state index in [1.165, 1.54) is 0 Å². The summed E-state index contributed by atoms with van der Waals surface area (Å²) in [5.41, 5.74) is 1.40. The van der Waals surface area contributed by atoms with Gasteiger partial charge in [-0.25, -0.2) is 0 Å². The Morgan fingerprint density at radius 3 is 2.69 bits per heavy atom. The largest absolute Gasteiger partial charge is 0.497 e. The minimum atomic E-state index is -0.319. The van der Waals surface area contributed by atoms with Gasteiger partial charge >= 0.3 is 0 Å². The predicted octanol–water partition coefficient (Wildman–Crippen LogP) is 5.06. The molecule has 1 unspecified atom stereocenters. The van der Waals surface area contributed by atoms with Crippen molar-refractivity contribution < 1.29 is 19.4 Å². The van der Waals surface area contributed by atoms with E-state index in [4.69, 9.17) is 21.1 Å². The van der Waals surface area contributed by atoms with Crippen molar-refractivity contribution in [2.75, 3.05) is 31.8 Å². The first-order valence-corrected chi connectivity index (χ1v) is 11.4. The minimum Gasteiger partial charge on any atom is -0.497 e. The molecule has 0 bridgehead atoms. The normalized spacial score (nSPS) is 15.2. The van der Waals surface area contributed by atoms with Crippen LogP contribution in [-0.4, -0.2) is 43.4 Å². The number of benzene rings is 2. The van der Waals surface area contributed by atoms with Crippen molar-refractivity contribution >= 4 is 47.4 Å². The molecule has 1 atom stereocenters. The first-order valence-electron chi connectivity index (χ1n) is 10.2. The number of thioether (sulfide) groups is 1. The summed E-state index contributed by atoms with van der Waals surface area (Å²) in [7, 11) is 1.62. The number of halogens is 2. The summed E-state index contributed by atoms with van der Waals surface area (Å²) in [6.07, 6.45) is 0.777. The second-order valence-corrected chi connectivity index (χ2v) is 9.60. The summed E-state index contributed by atoms with van der Waals surface area (Å²) in [5, 5.41) is 13.0. The van der Waals surface area contributed by atoms with Gasteiger partial charge in [-0.2, -0.15) is 0 Å². The monoisotopic (exact) mass is 500 g/mol. The highest BCUT2D eigenvalue weighted by Gasteiger charge is 2.36. The maximum Gasteiger partial charge on any atom is 0.225 e. The summed E-state index contributed by atoms with van der Waals surface area (Å²) in [4.78, 5) is 15.3. The first kappa shape index (κ1) is 26.6. The lowest BCUT2D eigenvalue weighted by Gasteiger charge is -2.26. The van der Waals surface area contributed by atoms with E-state index in [0.29, 0.717) is 23.1 Å². The zero-order valence-corrected chi connectivity index (χ0v) is 21.1. The van der Waals surface area contributed by atoms with E-state index in [-0.39, 0.29) is 35.8 Å². The molecule has 2 aromatic carbocycles. The van der Waals surface area contributed by atoms with Crippen LogP contribution in [0.4, 0.5) is 5.69 Å². The molecule has 0 spiro atoms. The Labute approximate surface area is 205 Å². The molecule has 1 heterocycles. The highest BCUT2D eigenvalue weighted by Crippen LogP contribution is 2.54. The highest BCUT2D eigenvalue weighted by molar-refractivity contribution is 8.00. The molecule has 0 aromatic heterocycles. The van der Waals surface area contributed by atoms with Gasteiger partial charge in [0.2, 0.25) is 5.91 Å². The highest BCUT2D eigenvalue weighted by atomic mass is 35.5. The number of anilines is 1. The molecule has 2 aromatic rings. The quantitative estimate of drug-likeness (QED) is 0.469. The third-order valence-electron chi connectivity index (χ3n) is 5.05. The molecule has 32 heavy (non-hydrogen) atoms. The Morgan fingerprint density at radius 1 is 1.28 bits per heavy atom. The lowest BCUT2D eigenvalue weighted by Crippen LogP contribution is -2.43. The van der Waals surface area contributed by atoms with Crippen molar-refractivity contribution in [1.82, 2.24) is 5.32 Å². The zero-order valence-electron chi connectivity index (χ0n) is 18.7. The predicted molar refractivity (Wildman–Crippen MR) is 133 cm³/mol. The Hall–Kier alpha value is -1.64. The third-order valence-corrected chi connectivity index (χ3v) is 6.56. The molecule has 0 radical (unpaired) electrons. The van der Waals surface area contributed by atoms with Gasteiger partial charge < -0.3 is 19.9 Å². The lowest BCUT2D eigenvalue weighted by atomic mass is 10.1. The van der Waals surface area contributed by atoms with Gasteiger partial charge in [0, 0.05) is 27.9 Å². The van der Waals surface area contributed by atoms with Crippen molar-refractivity contribution in [3.05, 3.63) is 47.0 Å². The Kier molecular flexibility index (Phi) is 9.54. The average molecular weight is 501 g/mol. The fourth-order valence-corrected chi connectivity index (χ4v) is 4.97. The molecule has 0 saturated heterocycles. The minimum absolute atomic E-state index is 0. The molecule has 9 heteroatoms. The van der Waals surface area contributed by atoms with Gasteiger partial charge in [0.05, 0.1) is 26.0 Å². The van der Waals surface area contributed by atoms with Gasteiger partial charge in [0.1, 0.15) is 16.9 Å². The number of rotatable bonds is 9. The Bertz CT molecular complexity index is 942. The summed E-state index contributed by atoms with van der Waals surface area (Å²) < 4.78 is 11.5. The summed E-state index contributed by atoms with van der Waals surface area (Å²) in [6, 6.07) is 11.2. The van der Waals surface area contributed by atoms with Gasteiger partial charge in [-0.1, -0.05) is 23.4 Å². The SMILES string of the molecule is COc1ccc(OCCCNC(C)(C)CO)c(C2Sc3cc(Cl)ccc3N2C(C)=O)c1.Cl. The molecule has 1 amide bonds. The van der Waals surface area contributed by atoms with Gasteiger partial charge in [0.15, 0.2) is 0 Å². The van der Waals surface area contributed by atoms with Crippen LogP contribution >= 0.6 is 35.8 Å². The van der Waals surface area contributed by atoms with E-state index in [1.54, 1.807) is 36.8 Å². The van der Waals surface area contributed by atoms with Crippen LogP contribution in [0.2, 0.25) is 5.02 Å². The van der Waals surface area contributed by atoms with E-state index in [9.17, 15) is 9.90 Å². The van der Waals surface area contributed by atoms with Crippen molar-refractivity contribution in [2.45, 2.75) is 43.0 Å². The van der Waals surface area contributed by atoms with Gasteiger partial charge in [-0.3, -0.25) is 9.69 Å². The number of amides is 1. The van der Waals surface area contributed by atoms with Crippen LogP contribution in [0.1, 0.15) is 38.1 Å². The molecule has 0 fully saturated rings.